The van der Waals surface area contributed by atoms with Gasteiger partial charge in [-0.3, -0.25) is 4.68 Å². The third-order valence-corrected chi connectivity index (χ3v) is 4.22. The number of nitrogens with two attached hydrogens (primary N) is 1. The number of rotatable bonds is 5. The maximum atomic E-state index is 6.53. The van der Waals surface area contributed by atoms with Crippen LogP contribution in [0.5, 0.6) is 0 Å². The average molecular weight is 337 g/mol. The van der Waals surface area contributed by atoms with Gasteiger partial charge in [-0.05, 0) is 12.0 Å². The Balaban J connectivity index is 2.05. The number of benzene rings is 1. The lowest BCUT2D eigenvalue weighted by Crippen LogP contribution is -2.20. The van der Waals surface area contributed by atoms with E-state index in [2.05, 4.69) is 61.6 Å². The van der Waals surface area contributed by atoms with E-state index in [1.807, 2.05) is 23.1 Å². The molecular formula is C20H27N5. The van der Waals surface area contributed by atoms with E-state index in [0.717, 1.165) is 36.6 Å². The molecule has 25 heavy (non-hydrogen) atoms. The number of hydrogen-bond acceptors (Lipinski definition) is 3. The first-order valence-corrected chi connectivity index (χ1v) is 8.83. The first kappa shape index (κ1) is 17.3. The molecule has 0 radical (unpaired) electrons. The quantitative estimate of drug-likeness (QED) is 0.763. The number of hydrogen-bond donors (Lipinski definition) is 1. The molecule has 1 aromatic carbocycles. The fourth-order valence-corrected chi connectivity index (χ4v) is 3.01. The van der Waals surface area contributed by atoms with Gasteiger partial charge in [0.1, 0.15) is 17.3 Å². The average Bonchev–Trinajstić information content (AvgIpc) is 3.14. The molecule has 0 fully saturated rings. The van der Waals surface area contributed by atoms with Crippen molar-refractivity contribution in [3.05, 3.63) is 54.1 Å². The molecule has 2 aromatic heterocycles. The lowest BCUT2D eigenvalue weighted by atomic mass is 9.95. The second-order valence-corrected chi connectivity index (χ2v) is 7.48. The molecule has 3 rings (SSSR count). The number of nitrogens with zero attached hydrogens (tertiary/aromatic N) is 4. The summed E-state index contributed by atoms with van der Waals surface area (Å²) in [4.78, 5) is 4.91. The van der Waals surface area contributed by atoms with Crippen molar-refractivity contribution in [2.45, 2.75) is 52.6 Å². The van der Waals surface area contributed by atoms with Crippen LogP contribution in [-0.2, 0) is 18.5 Å². The van der Waals surface area contributed by atoms with Gasteiger partial charge in [0, 0.05) is 23.7 Å². The normalized spacial score (nSPS) is 11.8. The van der Waals surface area contributed by atoms with Gasteiger partial charge in [0.25, 0.3) is 0 Å². The fraction of sp³-hybridized carbons (Fsp3) is 0.400. The summed E-state index contributed by atoms with van der Waals surface area (Å²) in [7, 11) is 0. The minimum absolute atomic E-state index is 0.0967. The highest BCUT2D eigenvalue weighted by Gasteiger charge is 2.26. The molecule has 0 saturated heterocycles. The number of aromatic nitrogens is 4. The molecule has 0 amide bonds. The first-order chi connectivity index (χ1) is 11.9. The van der Waals surface area contributed by atoms with Crippen LogP contribution in [0.15, 0.2) is 42.7 Å². The van der Waals surface area contributed by atoms with Crippen molar-refractivity contribution in [1.82, 2.24) is 19.3 Å². The van der Waals surface area contributed by atoms with Crippen molar-refractivity contribution in [3.8, 4) is 11.3 Å². The fourth-order valence-electron chi connectivity index (χ4n) is 3.01. The van der Waals surface area contributed by atoms with Crippen LogP contribution in [0.2, 0.25) is 0 Å². The molecule has 3 aromatic rings. The minimum Gasteiger partial charge on any atom is -0.383 e. The Kier molecular flexibility index (Phi) is 4.66. The zero-order valence-electron chi connectivity index (χ0n) is 15.5. The SMILES string of the molecule is CCCn1cc(-c2nc(C(C)(C)C)n(Cc3ccccc3)c2N)cn1. The Morgan fingerprint density at radius 1 is 1.12 bits per heavy atom. The number of nitrogen functional groups attached to an aromatic ring is 1. The summed E-state index contributed by atoms with van der Waals surface area (Å²) in [5, 5.41) is 4.42. The number of imidazole rings is 1. The molecule has 2 heterocycles. The molecule has 0 saturated carbocycles. The van der Waals surface area contributed by atoms with Gasteiger partial charge in [-0.2, -0.15) is 5.10 Å². The molecule has 0 spiro atoms. The molecule has 5 nitrogen and oxygen atoms in total. The third kappa shape index (κ3) is 3.60. The zero-order valence-corrected chi connectivity index (χ0v) is 15.5. The molecule has 0 bridgehead atoms. The Morgan fingerprint density at radius 3 is 2.48 bits per heavy atom. The molecule has 0 aliphatic carbocycles. The Bertz CT molecular complexity index is 837. The lowest BCUT2D eigenvalue weighted by Gasteiger charge is -2.20. The van der Waals surface area contributed by atoms with Crippen LogP contribution in [0, 0.1) is 0 Å². The highest BCUT2D eigenvalue weighted by Crippen LogP contribution is 2.32. The van der Waals surface area contributed by atoms with Crippen molar-refractivity contribution in [3.63, 3.8) is 0 Å². The van der Waals surface area contributed by atoms with Crippen LogP contribution in [0.25, 0.3) is 11.3 Å². The van der Waals surface area contributed by atoms with E-state index in [1.54, 1.807) is 0 Å². The van der Waals surface area contributed by atoms with Crippen LogP contribution in [-0.4, -0.2) is 19.3 Å². The van der Waals surface area contributed by atoms with E-state index in [0.29, 0.717) is 5.82 Å². The lowest BCUT2D eigenvalue weighted by molar-refractivity contribution is 0.513. The summed E-state index contributed by atoms with van der Waals surface area (Å²) in [5.74, 6) is 1.69. The minimum atomic E-state index is -0.0967. The highest BCUT2D eigenvalue weighted by molar-refractivity contribution is 5.70. The number of aryl methyl sites for hydroxylation is 1. The molecule has 132 valence electrons. The Labute approximate surface area is 149 Å². The molecule has 0 atom stereocenters. The number of anilines is 1. The Morgan fingerprint density at radius 2 is 1.84 bits per heavy atom. The van der Waals surface area contributed by atoms with E-state index in [-0.39, 0.29) is 5.41 Å². The molecule has 0 unspecified atom stereocenters. The van der Waals surface area contributed by atoms with Crippen LogP contribution < -0.4 is 5.73 Å². The summed E-state index contributed by atoms with van der Waals surface area (Å²) in [5.41, 5.74) is 9.44. The molecule has 0 aliphatic rings. The van der Waals surface area contributed by atoms with E-state index >= 15 is 0 Å². The first-order valence-electron chi connectivity index (χ1n) is 8.83. The molecule has 5 heteroatoms. The van der Waals surface area contributed by atoms with Crippen molar-refractivity contribution >= 4 is 5.82 Å². The highest BCUT2D eigenvalue weighted by atomic mass is 15.3. The van der Waals surface area contributed by atoms with Crippen molar-refractivity contribution in [2.24, 2.45) is 0 Å². The summed E-state index contributed by atoms with van der Waals surface area (Å²) in [6.07, 6.45) is 4.93. The third-order valence-electron chi connectivity index (χ3n) is 4.22. The largest absolute Gasteiger partial charge is 0.383 e. The van der Waals surface area contributed by atoms with Crippen molar-refractivity contribution < 1.29 is 0 Å². The summed E-state index contributed by atoms with van der Waals surface area (Å²) >= 11 is 0. The predicted molar refractivity (Wildman–Crippen MR) is 102 cm³/mol. The van der Waals surface area contributed by atoms with Gasteiger partial charge in [-0.15, -0.1) is 0 Å². The van der Waals surface area contributed by atoms with Crippen molar-refractivity contribution in [1.29, 1.82) is 0 Å². The van der Waals surface area contributed by atoms with Crippen LogP contribution in [0.3, 0.4) is 0 Å². The van der Waals surface area contributed by atoms with Gasteiger partial charge in [-0.25, -0.2) is 4.98 Å². The van der Waals surface area contributed by atoms with Gasteiger partial charge in [0.05, 0.1) is 12.7 Å². The summed E-state index contributed by atoms with van der Waals surface area (Å²) in [6, 6.07) is 10.4. The standard InChI is InChI=1S/C20H27N5/c1-5-11-24-14-16(12-22-24)17-18(21)25(19(23-17)20(2,3)4)13-15-9-7-6-8-10-15/h6-10,12,14H,5,11,13,21H2,1-4H3. The predicted octanol–water partition coefficient (Wildman–Crippen LogP) is 4.08. The zero-order chi connectivity index (χ0) is 18.0. The van der Waals surface area contributed by atoms with E-state index in [9.17, 15) is 0 Å². The summed E-state index contributed by atoms with van der Waals surface area (Å²) in [6.45, 7) is 10.3. The Hall–Kier alpha value is -2.56. The van der Waals surface area contributed by atoms with Crippen LogP contribution >= 0.6 is 0 Å². The topological polar surface area (TPSA) is 61.7 Å². The van der Waals surface area contributed by atoms with Gasteiger partial charge < -0.3 is 10.3 Å². The second kappa shape index (κ2) is 6.75. The van der Waals surface area contributed by atoms with Gasteiger partial charge in [0.2, 0.25) is 0 Å². The van der Waals surface area contributed by atoms with E-state index in [4.69, 9.17) is 10.7 Å². The second-order valence-electron chi connectivity index (χ2n) is 7.48. The van der Waals surface area contributed by atoms with Crippen LogP contribution in [0.4, 0.5) is 5.82 Å². The van der Waals surface area contributed by atoms with Crippen LogP contribution in [0.1, 0.15) is 45.5 Å². The molecule has 0 aliphatic heterocycles. The van der Waals surface area contributed by atoms with E-state index in [1.165, 1.54) is 5.56 Å². The molecular weight excluding hydrogens is 310 g/mol. The maximum absolute atomic E-state index is 6.53. The smallest absolute Gasteiger partial charge is 0.132 e. The van der Waals surface area contributed by atoms with Gasteiger partial charge >= 0.3 is 0 Å². The monoisotopic (exact) mass is 337 g/mol. The van der Waals surface area contributed by atoms with Crippen molar-refractivity contribution in [2.75, 3.05) is 5.73 Å². The summed E-state index contributed by atoms with van der Waals surface area (Å²) < 4.78 is 4.07. The van der Waals surface area contributed by atoms with Gasteiger partial charge in [0.15, 0.2) is 0 Å². The molecule has 2 N–H and O–H groups in total. The van der Waals surface area contributed by atoms with Gasteiger partial charge in [-0.1, -0.05) is 58.0 Å². The maximum Gasteiger partial charge on any atom is 0.132 e. The van der Waals surface area contributed by atoms with E-state index < -0.39 is 0 Å².